The Morgan fingerprint density at radius 1 is 1.21 bits per heavy atom. The number of anilines is 1. The molecule has 0 saturated heterocycles. The fraction of sp³-hybridized carbons (Fsp3) is 0.368. The minimum Gasteiger partial charge on any atom is -0.456 e. The van der Waals surface area contributed by atoms with Crippen LogP contribution >= 0.6 is 11.3 Å². The van der Waals surface area contributed by atoms with E-state index in [1.807, 2.05) is 43.5 Å². The number of hydrogen-bond donors (Lipinski definition) is 1. The number of nitrogens with one attached hydrogen (secondary N) is 1. The van der Waals surface area contributed by atoms with E-state index in [0.29, 0.717) is 6.42 Å². The van der Waals surface area contributed by atoms with Crippen LogP contribution in [0.3, 0.4) is 0 Å². The van der Waals surface area contributed by atoms with Crippen molar-refractivity contribution in [2.75, 3.05) is 11.9 Å². The van der Waals surface area contributed by atoms with E-state index in [9.17, 15) is 9.59 Å². The minimum atomic E-state index is -0.331. The maximum Gasteiger partial charge on any atom is 0.306 e. The smallest absolute Gasteiger partial charge is 0.306 e. The number of thiophene rings is 1. The van der Waals surface area contributed by atoms with Gasteiger partial charge in [0.05, 0.1) is 0 Å². The number of benzene rings is 1. The third-order valence-corrected chi connectivity index (χ3v) is 4.69. The SMILES string of the molecule is CCc1cccc(C)c1NC(=O)COC(=O)CCCc1cccs1. The van der Waals surface area contributed by atoms with Crippen LogP contribution in [0.15, 0.2) is 35.7 Å². The highest BCUT2D eigenvalue weighted by atomic mass is 32.1. The van der Waals surface area contributed by atoms with Gasteiger partial charge < -0.3 is 10.1 Å². The Kier molecular flexibility index (Phi) is 7.00. The van der Waals surface area contributed by atoms with Crippen LogP contribution in [0.5, 0.6) is 0 Å². The lowest BCUT2D eigenvalue weighted by atomic mass is 10.1. The van der Waals surface area contributed by atoms with Crippen LogP contribution in [0.25, 0.3) is 0 Å². The molecule has 0 atom stereocenters. The van der Waals surface area contributed by atoms with Gasteiger partial charge >= 0.3 is 5.97 Å². The van der Waals surface area contributed by atoms with Crippen molar-refractivity contribution in [2.45, 2.75) is 39.5 Å². The minimum absolute atomic E-state index is 0.241. The summed E-state index contributed by atoms with van der Waals surface area (Å²) in [5.74, 6) is -0.632. The molecular weight excluding hydrogens is 322 g/mol. The van der Waals surface area contributed by atoms with E-state index in [2.05, 4.69) is 11.4 Å². The maximum absolute atomic E-state index is 12.0. The molecule has 1 amide bonds. The molecule has 5 heteroatoms. The molecule has 0 aliphatic heterocycles. The molecule has 1 heterocycles. The Morgan fingerprint density at radius 2 is 2.04 bits per heavy atom. The first-order valence-electron chi connectivity index (χ1n) is 8.16. The van der Waals surface area contributed by atoms with Crippen LogP contribution < -0.4 is 5.32 Å². The Labute approximate surface area is 146 Å². The molecule has 2 aromatic rings. The Hall–Kier alpha value is -2.14. The topological polar surface area (TPSA) is 55.4 Å². The van der Waals surface area contributed by atoms with Crippen molar-refractivity contribution in [2.24, 2.45) is 0 Å². The maximum atomic E-state index is 12.0. The second kappa shape index (κ2) is 9.23. The lowest BCUT2D eigenvalue weighted by Crippen LogP contribution is -2.22. The first-order chi connectivity index (χ1) is 11.6. The average Bonchev–Trinajstić information content (AvgIpc) is 3.08. The second-order valence-corrected chi connectivity index (χ2v) is 6.64. The highest BCUT2D eigenvalue weighted by Crippen LogP contribution is 2.21. The van der Waals surface area contributed by atoms with Gasteiger partial charge in [0.25, 0.3) is 5.91 Å². The van der Waals surface area contributed by atoms with Crippen molar-refractivity contribution in [3.05, 3.63) is 51.7 Å². The number of hydrogen-bond acceptors (Lipinski definition) is 4. The summed E-state index contributed by atoms with van der Waals surface area (Å²) in [5.41, 5.74) is 2.90. The van der Waals surface area contributed by atoms with Gasteiger partial charge in [0.15, 0.2) is 6.61 Å². The number of ether oxygens (including phenoxy) is 1. The van der Waals surface area contributed by atoms with Crippen molar-refractivity contribution in [1.29, 1.82) is 0 Å². The van der Waals surface area contributed by atoms with Crippen LogP contribution in [-0.2, 0) is 27.2 Å². The first-order valence-corrected chi connectivity index (χ1v) is 9.04. The molecule has 1 aromatic heterocycles. The lowest BCUT2D eigenvalue weighted by Gasteiger charge is -2.13. The molecule has 128 valence electrons. The van der Waals surface area contributed by atoms with Crippen molar-refractivity contribution in [3.63, 3.8) is 0 Å². The molecular formula is C19H23NO3S. The molecule has 0 fully saturated rings. The van der Waals surface area contributed by atoms with Crippen molar-refractivity contribution >= 4 is 28.9 Å². The summed E-state index contributed by atoms with van der Waals surface area (Å²) in [6.07, 6.45) is 2.76. The van der Waals surface area contributed by atoms with Crippen LogP contribution in [0.4, 0.5) is 5.69 Å². The third kappa shape index (κ3) is 5.49. The summed E-state index contributed by atoms with van der Waals surface area (Å²) in [5, 5.41) is 4.87. The van der Waals surface area contributed by atoms with Crippen LogP contribution in [0, 0.1) is 6.92 Å². The molecule has 0 aliphatic carbocycles. The molecule has 4 nitrogen and oxygen atoms in total. The van der Waals surface area contributed by atoms with Crippen molar-refractivity contribution in [1.82, 2.24) is 0 Å². The van der Waals surface area contributed by atoms with Gasteiger partial charge in [-0.1, -0.05) is 31.2 Å². The van der Waals surface area contributed by atoms with Crippen molar-refractivity contribution in [3.8, 4) is 0 Å². The molecule has 0 saturated carbocycles. The van der Waals surface area contributed by atoms with Crippen molar-refractivity contribution < 1.29 is 14.3 Å². The standard InChI is InChI=1S/C19H23NO3S/c1-3-15-8-4-7-14(2)19(15)20-17(21)13-23-18(22)11-5-9-16-10-6-12-24-16/h4,6-8,10,12H,3,5,9,11,13H2,1-2H3,(H,20,21). The van der Waals surface area contributed by atoms with Gasteiger partial charge in [0.1, 0.15) is 0 Å². The van der Waals surface area contributed by atoms with E-state index in [1.165, 1.54) is 4.88 Å². The number of carbonyl (C=O) groups is 2. The first kappa shape index (κ1) is 18.2. The number of esters is 1. The zero-order valence-corrected chi connectivity index (χ0v) is 14.9. The van der Waals surface area contributed by atoms with Crippen LogP contribution in [0.2, 0.25) is 0 Å². The zero-order chi connectivity index (χ0) is 17.4. The molecule has 1 N–H and O–H groups in total. The summed E-state index contributed by atoms with van der Waals surface area (Å²) in [6.45, 7) is 3.75. The summed E-state index contributed by atoms with van der Waals surface area (Å²) in [7, 11) is 0. The van der Waals surface area contributed by atoms with E-state index in [0.717, 1.165) is 36.1 Å². The summed E-state index contributed by atoms with van der Waals surface area (Å²) >= 11 is 1.68. The number of para-hydroxylation sites is 1. The quantitative estimate of drug-likeness (QED) is 0.732. The summed E-state index contributed by atoms with van der Waals surface area (Å²) in [6, 6.07) is 9.96. The lowest BCUT2D eigenvalue weighted by molar-refractivity contribution is -0.147. The van der Waals surface area contributed by atoms with Gasteiger partial charge in [-0.2, -0.15) is 0 Å². The summed E-state index contributed by atoms with van der Waals surface area (Å²) < 4.78 is 5.06. The van der Waals surface area contributed by atoms with Gasteiger partial charge in [-0.15, -0.1) is 11.3 Å². The summed E-state index contributed by atoms with van der Waals surface area (Å²) in [4.78, 5) is 25.0. The van der Waals surface area contributed by atoms with E-state index < -0.39 is 0 Å². The van der Waals surface area contributed by atoms with Gasteiger partial charge in [-0.05, 0) is 48.8 Å². The Morgan fingerprint density at radius 3 is 2.75 bits per heavy atom. The fourth-order valence-electron chi connectivity index (χ4n) is 2.46. The molecule has 1 aromatic carbocycles. The monoisotopic (exact) mass is 345 g/mol. The van der Waals surface area contributed by atoms with Gasteiger partial charge in [0, 0.05) is 17.0 Å². The highest BCUT2D eigenvalue weighted by molar-refractivity contribution is 7.09. The Bertz CT molecular complexity index is 680. The predicted octanol–water partition coefficient (Wildman–Crippen LogP) is 4.12. The number of rotatable bonds is 8. The van der Waals surface area contributed by atoms with E-state index in [4.69, 9.17) is 4.74 Å². The third-order valence-electron chi connectivity index (χ3n) is 3.75. The second-order valence-electron chi connectivity index (χ2n) is 5.60. The van der Waals surface area contributed by atoms with Gasteiger partial charge in [-0.3, -0.25) is 9.59 Å². The van der Waals surface area contributed by atoms with E-state index in [1.54, 1.807) is 11.3 Å². The van der Waals surface area contributed by atoms with E-state index in [-0.39, 0.29) is 18.5 Å². The van der Waals surface area contributed by atoms with Gasteiger partial charge in [0.2, 0.25) is 0 Å². The highest BCUT2D eigenvalue weighted by Gasteiger charge is 2.11. The Balaban J connectivity index is 1.74. The van der Waals surface area contributed by atoms with E-state index >= 15 is 0 Å². The molecule has 0 bridgehead atoms. The molecule has 0 spiro atoms. The predicted molar refractivity (Wildman–Crippen MR) is 97.4 cm³/mol. The van der Waals surface area contributed by atoms with Gasteiger partial charge in [-0.25, -0.2) is 0 Å². The van der Waals surface area contributed by atoms with Crippen LogP contribution in [-0.4, -0.2) is 18.5 Å². The average molecular weight is 345 g/mol. The molecule has 0 aliphatic rings. The molecule has 0 unspecified atom stereocenters. The normalized spacial score (nSPS) is 10.4. The largest absolute Gasteiger partial charge is 0.456 e. The number of aryl methyl sites for hydroxylation is 3. The zero-order valence-electron chi connectivity index (χ0n) is 14.1. The molecule has 24 heavy (non-hydrogen) atoms. The number of carbonyl (C=O) groups excluding carboxylic acids is 2. The number of amides is 1. The van der Waals surface area contributed by atoms with Crippen LogP contribution in [0.1, 0.15) is 35.8 Å². The molecule has 0 radical (unpaired) electrons. The molecule has 2 rings (SSSR count). The fourth-order valence-corrected chi connectivity index (χ4v) is 3.21.